The highest BCUT2D eigenvalue weighted by atomic mass is 16.4. The highest BCUT2D eigenvalue weighted by Crippen LogP contribution is 2.22. The smallest absolute Gasteiger partial charge is 0.306 e. The fraction of sp³-hybridized carbons (Fsp3) is 0.571. The molecular formula is C21H30N2O4. The zero-order valence-electron chi connectivity index (χ0n) is 16.5. The monoisotopic (exact) mass is 374 g/mol. The van der Waals surface area contributed by atoms with Crippen LogP contribution in [0.2, 0.25) is 0 Å². The summed E-state index contributed by atoms with van der Waals surface area (Å²) in [5.74, 6) is -1.26. The van der Waals surface area contributed by atoms with Crippen LogP contribution in [0.5, 0.6) is 0 Å². The average molecular weight is 374 g/mol. The summed E-state index contributed by atoms with van der Waals surface area (Å²) >= 11 is 0. The summed E-state index contributed by atoms with van der Waals surface area (Å²) in [6.45, 7) is 7.39. The van der Waals surface area contributed by atoms with Crippen molar-refractivity contribution >= 4 is 23.5 Å². The van der Waals surface area contributed by atoms with Crippen molar-refractivity contribution in [3.8, 4) is 0 Å². The molecule has 0 saturated carbocycles. The summed E-state index contributed by atoms with van der Waals surface area (Å²) in [5.41, 5.74) is 1.45. The number of carboxylic acid groups (broad SMARTS) is 1. The predicted molar refractivity (Wildman–Crippen MR) is 105 cm³/mol. The molecule has 1 aliphatic heterocycles. The van der Waals surface area contributed by atoms with Gasteiger partial charge in [-0.3, -0.25) is 14.4 Å². The quantitative estimate of drug-likeness (QED) is 0.793. The number of rotatable bonds is 6. The van der Waals surface area contributed by atoms with Gasteiger partial charge in [0.1, 0.15) is 0 Å². The zero-order chi connectivity index (χ0) is 20.0. The number of piperidine rings is 1. The molecule has 0 spiro atoms. The van der Waals surface area contributed by atoms with Crippen LogP contribution < -0.4 is 5.32 Å². The Balaban J connectivity index is 1.83. The second-order valence-electron chi connectivity index (χ2n) is 8.44. The van der Waals surface area contributed by atoms with Crippen LogP contribution in [0.4, 0.5) is 5.69 Å². The fourth-order valence-electron chi connectivity index (χ4n) is 3.21. The van der Waals surface area contributed by atoms with E-state index in [1.165, 1.54) is 0 Å². The molecular weight excluding hydrogens is 344 g/mol. The van der Waals surface area contributed by atoms with Gasteiger partial charge in [-0.2, -0.15) is 0 Å². The van der Waals surface area contributed by atoms with E-state index in [0.29, 0.717) is 43.6 Å². The molecule has 0 bridgehead atoms. The number of hydrogen-bond donors (Lipinski definition) is 2. The number of aliphatic carboxylic acids is 1. The molecule has 2 amide bonds. The van der Waals surface area contributed by atoms with Crippen LogP contribution in [0.1, 0.15) is 63.2 Å². The molecule has 0 aliphatic carbocycles. The summed E-state index contributed by atoms with van der Waals surface area (Å²) < 4.78 is 0. The summed E-state index contributed by atoms with van der Waals surface area (Å²) in [5, 5.41) is 11.9. The fourth-order valence-corrected chi connectivity index (χ4v) is 3.21. The Labute approximate surface area is 160 Å². The van der Waals surface area contributed by atoms with Crippen LogP contribution in [0, 0.1) is 11.3 Å². The largest absolute Gasteiger partial charge is 0.481 e. The predicted octanol–water partition coefficient (Wildman–Crippen LogP) is 3.78. The number of likely N-dealkylation sites (tertiary alicyclic amines) is 1. The van der Waals surface area contributed by atoms with E-state index in [9.17, 15) is 14.4 Å². The van der Waals surface area contributed by atoms with Crippen LogP contribution in [0.15, 0.2) is 24.3 Å². The lowest BCUT2D eigenvalue weighted by Gasteiger charge is -2.30. The molecule has 1 aromatic carbocycles. The third-order valence-corrected chi connectivity index (χ3v) is 4.88. The highest BCUT2D eigenvalue weighted by molar-refractivity contribution is 5.96. The first-order valence-corrected chi connectivity index (χ1v) is 9.58. The first-order chi connectivity index (χ1) is 12.7. The zero-order valence-corrected chi connectivity index (χ0v) is 16.5. The standard InChI is InChI=1S/C21H30N2O4/c1-21(2,3)12-4-5-18(24)22-17-8-6-15(7-9-17)19(25)23-13-10-16(11-14-23)20(26)27/h6-9,16H,4-5,10-14H2,1-3H3,(H,22,24)(H,26,27). The van der Waals surface area contributed by atoms with E-state index in [-0.39, 0.29) is 23.1 Å². The maximum Gasteiger partial charge on any atom is 0.306 e. The minimum absolute atomic E-state index is 0.0194. The minimum atomic E-state index is -0.787. The van der Waals surface area contributed by atoms with Crippen molar-refractivity contribution < 1.29 is 19.5 Å². The summed E-state index contributed by atoms with van der Waals surface area (Å²) in [6, 6.07) is 6.88. The van der Waals surface area contributed by atoms with Crippen molar-refractivity contribution in [3.63, 3.8) is 0 Å². The van der Waals surface area contributed by atoms with Gasteiger partial charge >= 0.3 is 5.97 Å². The SMILES string of the molecule is CC(C)(C)CCCC(=O)Nc1ccc(C(=O)N2CCC(C(=O)O)CC2)cc1. The number of anilines is 1. The van der Waals surface area contributed by atoms with Gasteiger partial charge in [-0.25, -0.2) is 0 Å². The molecule has 1 saturated heterocycles. The van der Waals surface area contributed by atoms with Gasteiger partial charge in [0.2, 0.25) is 5.91 Å². The maximum absolute atomic E-state index is 12.5. The normalized spacial score (nSPS) is 15.4. The molecule has 148 valence electrons. The van der Waals surface area contributed by atoms with Crippen LogP contribution in [-0.2, 0) is 9.59 Å². The van der Waals surface area contributed by atoms with Crippen molar-refractivity contribution in [1.29, 1.82) is 0 Å². The molecule has 27 heavy (non-hydrogen) atoms. The molecule has 1 aliphatic rings. The van der Waals surface area contributed by atoms with Gasteiger partial charge in [0.05, 0.1) is 5.92 Å². The van der Waals surface area contributed by atoms with Crippen LogP contribution in [-0.4, -0.2) is 40.9 Å². The number of carboxylic acids is 1. The number of benzene rings is 1. The Hall–Kier alpha value is -2.37. The average Bonchev–Trinajstić information content (AvgIpc) is 2.60. The molecule has 0 radical (unpaired) electrons. The van der Waals surface area contributed by atoms with Crippen molar-refractivity contribution in [2.45, 2.75) is 52.9 Å². The van der Waals surface area contributed by atoms with Crippen molar-refractivity contribution in [2.24, 2.45) is 11.3 Å². The highest BCUT2D eigenvalue weighted by Gasteiger charge is 2.27. The van der Waals surface area contributed by atoms with Gasteiger partial charge in [-0.1, -0.05) is 20.8 Å². The Kier molecular flexibility index (Phi) is 6.99. The third-order valence-electron chi connectivity index (χ3n) is 4.88. The minimum Gasteiger partial charge on any atom is -0.481 e. The molecule has 6 heteroatoms. The van der Waals surface area contributed by atoms with Gasteiger partial charge in [0.25, 0.3) is 5.91 Å². The topological polar surface area (TPSA) is 86.7 Å². The summed E-state index contributed by atoms with van der Waals surface area (Å²) in [6.07, 6.45) is 3.30. The lowest BCUT2D eigenvalue weighted by molar-refractivity contribution is -0.143. The molecule has 0 unspecified atom stereocenters. The van der Waals surface area contributed by atoms with E-state index in [1.54, 1.807) is 29.2 Å². The summed E-state index contributed by atoms with van der Waals surface area (Å²) in [4.78, 5) is 37.2. The number of carbonyl (C=O) groups excluding carboxylic acids is 2. The second-order valence-corrected chi connectivity index (χ2v) is 8.44. The molecule has 0 aromatic heterocycles. The lowest BCUT2D eigenvalue weighted by atomic mass is 9.90. The Morgan fingerprint density at radius 2 is 1.70 bits per heavy atom. The lowest BCUT2D eigenvalue weighted by Crippen LogP contribution is -2.40. The molecule has 2 rings (SSSR count). The molecule has 0 atom stereocenters. The van der Waals surface area contributed by atoms with Gasteiger partial charge in [0, 0.05) is 30.8 Å². The van der Waals surface area contributed by atoms with Crippen molar-refractivity contribution in [2.75, 3.05) is 18.4 Å². The number of hydrogen-bond acceptors (Lipinski definition) is 3. The van der Waals surface area contributed by atoms with E-state index >= 15 is 0 Å². The van der Waals surface area contributed by atoms with Gasteiger partial charge in [-0.15, -0.1) is 0 Å². The Morgan fingerprint density at radius 1 is 1.11 bits per heavy atom. The second kappa shape index (κ2) is 9.02. The first kappa shape index (κ1) is 20.9. The summed E-state index contributed by atoms with van der Waals surface area (Å²) in [7, 11) is 0. The van der Waals surface area contributed by atoms with Gasteiger partial charge < -0.3 is 15.3 Å². The number of carbonyl (C=O) groups is 3. The Bertz CT molecular complexity index is 668. The van der Waals surface area contributed by atoms with Gasteiger partial charge in [-0.05, 0) is 55.4 Å². The molecule has 1 fully saturated rings. The number of nitrogens with zero attached hydrogens (tertiary/aromatic N) is 1. The molecule has 6 nitrogen and oxygen atoms in total. The van der Waals surface area contributed by atoms with E-state index in [2.05, 4.69) is 26.1 Å². The van der Waals surface area contributed by atoms with Crippen LogP contribution in [0.25, 0.3) is 0 Å². The van der Waals surface area contributed by atoms with Crippen LogP contribution in [0.3, 0.4) is 0 Å². The van der Waals surface area contributed by atoms with Crippen molar-refractivity contribution in [1.82, 2.24) is 4.90 Å². The maximum atomic E-state index is 12.5. The molecule has 2 N–H and O–H groups in total. The Morgan fingerprint density at radius 3 is 2.22 bits per heavy atom. The number of amides is 2. The number of nitrogens with one attached hydrogen (secondary N) is 1. The van der Waals surface area contributed by atoms with E-state index in [0.717, 1.165) is 12.8 Å². The third kappa shape index (κ3) is 6.70. The van der Waals surface area contributed by atoms with Gasteiger partial charge in [0.15, 0.2) is 0 Å². The molecule has 1 aromatic rings. The van der Waals surface area contributed by atoms with Crippen molar-refractivity contribution in [3.05, 3.63) is 29.8 Å². The van der Waals surface area contributed by atoms with E-state index in [4.69, 9.17) is 5.11 Å². The first-order valence-electron chi connectivity index (χ1n) is 9.58. The van der Waals surface area contributed by atoms with E-state index in [1.807, 2.05) is 0 Å². The van der Waals surface area contributed by atoms with Crippen LogP contribution >= 0.6 is 0 Å². The van der Waals surface area contributed by atoms with E-state index < -0.39 is 5.97 Å². The molecule has 1 heterocycles.